The second kappa shape index (κ2) is 16.8. The number of fused-ring (bicyclic) bond motifs is 2. The number of aliphatic hydroxyl groups excluding tert-OH is 1. The molecule has 2 aliphatic heterocycles. The number of hydrogen-bond acceptors (Lipinski definition) is 6. The number of methoxy groups -OCH3 is 1. The molecule has 2 aliphatic rings. The van der Waals surface area contributed by atoms with Crippen LogP contribution in [0.25, 0.3) is 0 Å². The van der Waals surface area contributed by atoms with Crippen molar-refractivity contribution < 1.29 is 29.0 Å². The fourth-order valence-electron chi connectivity index (χ4n) is 9.01. The molecule has 0 bridgehead atoms. The van der Waals surface area contributed by atoms with E-state index in [4.69, 9.17) is 9.47 Å². The van der Waals surface area contributed by atoms with Gasteiger partial charge < -0.3 is 24.4 Å². The van der Waals surface area contributed by atoms with E-state index in [1.807, 2.05) is 115 Å². The smallest absolute Gasteiger partial charge is 0.264 e. The van der Waals surface area contributed by atoms with Crippen LogP contribution in [0.5, 0.6) is 5.75 Å². The Morgan fingerprint density at radius 2 is 1.58 bits per heavy atom. The van der Waals surface area contributed by atoms with E-state index >= 15 is 4.79 Å². The summed E-state index contributed by atoms with van der Waals surface area (Å²) >= 11 is 3.69. The number of hydrogen-bond donors (Lipinski definition) is 1. The lowest BCUT2D eigenvalue weighted by molar-refractivity contribution is -0.150. The third-order valence-corrected chi connectivity index (χ3v) is 16.6. The number of ether oxygens (including phenoxy) is 2. The molecular weight excluding hydrogens is 799 g/mol. The molecule has 5 aromatic carbocycles. The summed E-state index contributed by atoms with van der Waals surface area (Å²) in [6.07, 6.45) is 0.248. The van der Waals surface area contributed by atoms with Gasteiger partial charge in [0.15, 0.2) is 5.60 Å². The Kier molecular flexibility index (Phi) is 11.8. The molecule has 0 radical (unpaired) electrons. The van der Waals surface area contributed by atoms with Gasteiger partial charge in [-0.25, -0.2) is 0 Å². The molecule has 7 rings (SSSR count). The van der Waals surface area contributed by atoms with Crippen molar-refractivity contribution in [2.24, 2.45) is 5.92 Å². The number of aliphatic hydroxyl groups is 1. The minimum atomic E-state index is -2.53. The quantitative estimate of drug-likeness (QED) is 0.0902. The summed E-state index contributed by atoms with van der Waals surface area (Å²) in [7, 11) is -0.888. The molecule has 4 atom stereocenters. The van der Waals surface area contributed by atoms with Crippen LogP contribution in [0, 0.1) is 5.92 Å². The first-order valence-corrected chi connectivity index (χ1v) is 23.1. The molecule has 5 aromatic rings. The molecule has 3 amide bonds. The molecule has 294 valence electrons. The van der Waals surface area contributed by atoms with Gasteiger partial charge in [-0.2, -0.15) is 0 Å². The number of para-hydroxylation sites is 1. The highest BCUT2D eigenvalue weighted by atomic mass is 79.9. The standard InChI is InChI=1S/C46H48BrN3O6Si/c1-32-44(57(3,4)39-21-19-38(55-2)20-22-39)42(28-43(53)48(24-25-51)29-33-12-7-5-8-13-33)56-46(32)40-27-35(47)18-23-41(40)49(45(46)54)30-34-14-11-17-37(26-34)50(31-52)36-15-9-6-10-16-36/h5-23,26-27,31-32,42,44,51H,24-25,28-30H2,1-4H3/t32-,42+,44-,46+/m1/s1. The highest BCUT2D eigenvalue weighted by molar-refractivity contribution is 9.10. The molecule has 11 heteroatoms. The van der Waals surface area contributed by atoms with Crippen molar-refractivity contribution in [3.63, 3.8) is 0 Å². The van der Waals surface area contributed by atoms with Crippen molar-refractivity contribution in [2.75, 3.05) is 30.1 Å². The number of nitrogens with zero attached hydrogens (tertiary/aromatic N) is 3. The van der Waals surface area contributed by atoms with E-state index in [1.165, 1.54) is 5.19 Å². The number of carbonyl (C=O) groups is 3. The van der Waals surface area contributed by atoms with Gasteiger partial charge in [0.25, 0.3) is 5.91 Å². The average molecular weight is 847 g/mol. The van der Waals surface area contributed by atoms with Gasteiger partial charge in [-0.1, -0.05) is 114 Å². The Balaban J connectivity index is 1.28. The predicted molar refractivity (Wildman–Crippen MR) is 230 cm³/mol. The summed E-state index contributed by atoms with van der Waals surface area (Å²) in [4.78, 5) is 47.2. The minimum Gasteiger partial charge on any atom is -0.497 e. The molecule has 9 nitrogen and oxygen atoms in total. The molecule has 0 aromatic heterocycles. The van der Waals surface area contributed by atoms with E-state index in [0.717, 1.165) is 44.7 Å². The van der Waals surface area contributed by atoms with E-state index in [2.05, 4.69) is 48.1 Å². The highest BCUT2D eigenvalue weighted by Crippen LogP contribution is 2.60. The molecule has 1 fully saturated rings. The van der Waals surface area contributed by atoms with E-state index in [-0.39, 0.29) is 49.4 Å². The number of anilines is 3. The Labute approximate surface area is 344 Å². The largest absolute Gasteiger partial charge is 0.497 e. The summed E-state index contributed by atoms with van der Waals surface area (Å²) in [5, 5.41) is 11.2. The molecule has 57 heavy (non-hydrogen) atoms. The Morgan fingerprint density at radius 3 is 2.25 bits per heavy atom. The zero-order chi connectivity index (χ0) is 40.3. The second-order valence-electron chi connectivity index (χ2n) is 15.4. The van der Waals surface area contributed by atoms with Crippen LogP contribution in [0.15, 0.2) is 132 Å². The van der Waals surface area contributed by atoms with Crippen molar-refractivity contribution >= 4 is 64.5 Å². The number of halogens is 1. The summed E-state index contributed by atoms with van der Waals surface area (Å²) < 4.78 is 13.6. The maximum Gasteiger partial charge on any atom is 0.264 e. The average Bonchev–Trinajstić information content (AvgIpc) is 3.64. The molecule has 2 heterocycles. The third kappa shape index (κ3) is 7.69. The number of amides is 3. The van der Waals surface area contributed by atoms with Gasteiger partial charge in [-0.15, -0.1) is 0 Å². The normalized spacial score (nSPS) is 20.1. The lowest BCUT2D eigenvalue weighted by atomic mass is 9.82. The summed E-state index contributed by atoms with van der Waals surface area (Å²) in [6, 6.07) is 40.9. The first-order chi connectivity index (χ1) is 27.5. The van der Waals surface area contributed by atoms with Crippen LogP contribution in [0.2, 0.25) is 18.6 Å². The van der Waals surface area contributed by atoms with Gasteiger partial charge in [0.1, 0.15) is 5.75 Å². The van der Waals surface area contributed by atoms with Gasteiger partial charge in [-0.05, 0) is 71.3 Å². The minimum absolute atomic E-state index is 0.0514. The Hall–Kier alpha value is -5.07. The zero-order valence-corrected chi connectivity index (χ0v) is 35.3. The van der Waals surface area contributed by atoms with Crippen LogP contribution in [-0.4, -0.2) is 62.7 Å². The number of benzene rings is 5. The van der Waals surface area contributed by atoms with Gasteiger partial charge in [-0.3, -0.25) is 19.3 Å². The Bertz CT molecular complexity index is 2220. The molecule has 1 spiro atoms. The van der Waals surface area contributed by atoms with Crippen LogP contribution in [0.3, 0.4) is 0 Å². The van der Waals surface area contributed by atoms with Crippen molar-refractivity contribution in [2.45, 2.75) is 56.8 Å². The van der Waals surface area contributed by atoms with E-state index in [0.29, 0.717) is 12.2 Å². The van der Waals surface area contributed by atoms with Crippen molar-refractivity contribution in [3.8, 4) is 5.75 Å². The van der Waals surface area contributed by atoms with Crippen LogP contribution in [-0.2, 0) is 37.8 Å². The van der Waals surface area contributed by atoms with E-state index < -0.39 is 19.8 Å². The summed E-state index contributed by atoms with van der Waals surface area (Å²) in [5.41, 5.74) is 3.21. The topological polar surface area (TPSA) is 99.6 Å². The Morgan fingerprint density at radius 1 is 0.912 bits per heavy atom. The molecule has 1 N–H and O–H groups in total. The van der Waals surface area contributed by atoms with Crippen LogP contribution in [0.4, 0.5) is 17.1 Å². The SMILES string of the molecule is COc1ccc([Si](C)(C)[C@H]2[C@H](CC(=O)N(CCO)Cc3ccccc3)O[C@@]3(C(=O)N(Cc4cccc(N(C=O)c5ccccc5)c4)c4ccc(Br)cc43)[C@@H]2C)cc1. The molecule has 0 saturated carbocycles. The fraction of sp³-hybridized carbons (Fsp3) is 0.283. The first-order valence-electron chi connectivity index (χ1n) is 19.3. The maximum absolute atomic E-state index is 15.4. The summed E-state index contributed by atoms with van der Waals surface area (Å²) in [6.45, 7) is 7.30. The van der Waals surface area contributed by atoms with Crippen molar-refractivity contribution in [1.29, 1.82) is 0 Å². The van der Waals surface area contributed by atoms with E-state index in [9.17, 15) is 14.7 Å². The van der Waals surface area contributed by atoms with Gasteiger partial charge in [0, 0.05) is 40.4 Å². The van der Waals surface area contributed by atoms with Gasteiger partial charge in [0.05, 0.1) is 46.5 Å². The van der Waals surface area contributed by atoms with Gasteiger partial charge >= 0.3 is 0 Å². The second-order valence-corrected chi connectivity index (χ2v) is 21.0. The first kappa shape index (κ1) is 40.1. The molecule has 0 unspecified atom stereocenters. The number of carbonyl (C=O) groups excluding carboxylic acids is 3. The summed E-state index contributed by atoms with van der Waals surface area (Å²) in [5.74, 6) is 0.116. The fourth-order valence-corrected chi connectivity index (χ4v) is 13.4. The van der Waals surface area contributed by atoms with Crippen LogP contribution in [0.1, 0.15) is 30.0 Å². The van der Waals surface area contributed by atoms with Crippen molar-refractivity contribution in [3.05, 3.63) is 149 Å². The third-order valence-electron chi connectivity index (χ3n) is 11.8. The maximum atomic E-state index is 15.4. The zero-order valence-electron chi connectivity index (χ0n) is 32.7. The molecular formula is C46H48BrN3O6Si. The molecule has 0 aliphatic carbocycles. The van der Waals surface area contributed by atoms with Crippen LogP contribution >= 0.6 is 15.9 Å². The lowest BCUT2D eigenvalue weighted by Crippen LogP contribution is -2.52. The molecule has 1 saturated heterocycles. The van der Waals surface area contributed by atoms with Gasteiger partial charge in [0.2, 0.25) is 12.3 Å². The monoisotopic (exact) mass is 845 g/mol. The lowest BCUT2D eigenvalue weighted by Gasteiger charge is -2.37. The van der Waals surface area contributed by atoms with E-state index in [1.54, 1.807) is 21.8 Å². The van der Waals surface area contributed by atoms with Crippen molar-refractivity contribution in [1.82, 2.24) is 4.90 Å². The number of rotatable bonds is 14. The van der Waals surface area contributed by atoms with Crippen LogP contribution < -0.4 is 19.7 Å². The predicted octanol–water partition coefficient (Wildman–Crippen LogP) is 7.93. The highest BCUT2D eigenvalue weighted by Gasteiger charge is 2.66.